The maximum atomic E-state index is 12.8. The van der Waals surface area contributed by atoms with Gasteiger partial charge < -0.3 is 5.32 Å². The number of likely N-dealkylation sites (tertiary alicyclic amines) is 1. The number of benzene rings is 1. The van der Waals surface area contributed by atoms with Crippen LogP contribution in [0.25, 0.3) is 5.69 Å². The summed E-state index contributed by atoms with van der Waals surface area (Å²) in [6.07, 6.45) is 4.74. The van der Waals surface area contributed by atoms with Gasteiger partial charge in [0.05, 0.1) is 17.9 Å². The zero-order chi connectivity index (χ0) is 17.8. The smallest absolute Gasteiger partial charge is 0.295 e. The van der Waals surface area contributed by atoms with Crippen LogP contribution >= 0.6 is 0 Å². The molecular weight excluding hydrogens is 316 g/mol. The molecule has 1 aromatic heterocycles. The highest BCUT2D eigenvalue weighted by Crippen LogP contribution is 2.14. The highest BCUT2D eigenvalue weighted by atomic mass is 16.2. The molecule has 6 nitrogen and oxygen atoms in total. The Bertz CT molecular complexity index is 784. The van der Waals surface area contributed by atoms with Crippen molar-refractivity contribution in [2.45, 2.75) is 32.6 Å². The second-order valence-corrected chi connectivity index (χ2v) is 6.68. The first-order chi connectivity index (χ1) is 12.1. The summed E-state index contributed by atoms with van der Waals surface area (Å²) in [5, 5.41) is 2.84. The predicted molar refractivity (Wildman–Crippen MR) is 99.3 cm³/mol. The molecule has 2 heterocycles. The van der Waals surface area contributed by atoms with Gasteiger partial charge in [-0.15, -0.1) is 0 Å². The van der Waals surface area contributed by atoms with E-state index in [2.05, 4.69) is 10.2 Å². The van der Waals surface area contributed by atoms with Crippen LogP contribution in [0.4, 0.5) is 5.69 Å². The minimum Gasteiger partial charge on any atom is -0.319 e. The van der Waals surface area contributed by atoms with Gasteiger partial charge in [0.25, 0.3) is 5.56 Å². The maximum Gasteiger partial charge on any atom is 0.295 e. The van der Waals surface area contributed by atoms with Gasteiger partial charge in [0.15, 0.2) is 0 Å². The van der Waals surface area contributed by atoms with Gasteiger partial charge >= 0.3 is 0 Å². The van der Waals surface area contributed by atoms with Crippen LogP contribution in [0.15, 0.2) is 35.1 Å². The van der Waals surface area contributed by atoms with Crippen LogP contribution in [0.2, 0.25) is 0 Å². The first-order valence-corrected chi connectivity index (χ1v) is 8.94. The van der Waals surface area contributed by atoms with E-state index in [1.807, 2.05) is 44.3 Å². The van der Waals surface area contributed by atoms with Gasteiger partial charge in [-0.05, 0) is 45.0 Å². The summed E-state index contributed by atoms with van der Waals surface area (Å²) in [7, 11) is 1.83. The number of nitrogens with zero attached hydrogens (tertiary/aromatic N) is 3. The second-order valence-electron chi connectivity index (χ2n) is 6.68. The van der Waals surface area contributed by atoms with Crippen LogP contribution in [0.1, 0.15) is 31.4 Å². The number of aromatic nitrogens is 2. The first-order valence-electron chi connectivity index (χ1n) is 8.94. The highest BCUT2D eigenvalue weighted by Gasteiger charge is 2.19. The third-order valence-corrected chi connectivity index (χ3v) is 4.88. The van der Waals surface area contributed by atoms with E-state index in [9.17, 15) is 9.59 Å². The molecule has 0 atom stereocenters. The Hall–Kier alpha value is -2.34. The standard InChI is InChI=1S/C19H26N4O2/c1-15-18(20-17(24)14-22-12-8-3-4-9-13-22)19(25)23(21(15)2)16-10-6-5-7-11-16/h5-7,10-11H,3-4,8-9,12-14H2,1-2H3,(H,20,24). The summed E-state index contributed by atoms with van der Waals surface area (Å²) in [6.45, 7) is 4.10. The quantitative estimate of drug-likeness (QED) is 0.927. The van der Waals surface area contributed by atoms with Crippen LogP contribution < -0.4 is 10.9 Å². The van der Waals surface area contributed by atoms with Crippen molar-refractivity contribution in [2.75, 3.05) is 25.0 Å². The van der Waals surface area contributed by atoms with Crippen molar-refractivity contribution in [3.05, 3.63) is 46.4 Å². The van der Waals surface area contributed by atoms with Crippen LogP contribution in [0.5, 0.6) is 0 Å². The average molecular weight is 342 g/mol. The van der Waals surface area contributed by atoms with Crippen LogP contribution in [0.3, 0.4) is 0 Å². The van der Waals surface area contributed by atoms with Crippen LogP contribution in [0, 0.1) is 6.92 Å². The molecule has 0 aliphatic carbocycles. The summed E-state index contributed by atoms with van der Waals surface area (Å²) in [4.78, 5) is 27.4. The van der Waals surface area contributed by atoms with Gasteiger partial charge in [0, 0.05) is 7.05 Å². The number of hydrogen-bond donors (Lipinski definition) is 1. The number of carbonyl (C=O) groups is 1. The predicted octanol–water partition coefficient (Wildman–Crippen LogP) is 2.30. The minimum atomic E-state index is -0.199. The van der Waals surface area contributed by atoms with E-state index >= 15 is 0 Å². The van der Waals surface area contributed by atoms with Crippen molar-refractivity contribution in [3.63, 3.8) is 0 Å². The fourth-order valence-corrected chi connectivity index (χ4v) is 3.39. The summed E-state index contributed by atoms with van der Waals surface area (Å²) in [6, 6.07) is 9.45. The largest absolute Gasteiger partial charge is 0.319 e. The molecule has 1 aromatic carbocycles. The molecule has 1 aliphatic rings. The van der Waals surface area contributed by atoms with Crippen molar-refractivity contribution in [1.29, 1.82) is 0 Å². The van der Waals surface area contributed by atoms with Crippen molar-refractivity contribution in [2.24, 2.45) is 7.05 Å². The van der Waals surface area contributed by atoms with E-state index in [0.717, 1.165) is 37.3 Å². The SMILES string of the molecule is Cc1c(NC(=O)CN2CCCCCC2)c(=O)n(-c2ccccc2)n1C. The summed E-state index contributed by atoms with van der Waals surface area (Å²) >= 11 is 0. The normalized spacial score (nSPS) is 15.8. The lowest BCUT2D eigenvalue weighted by Crippen LogP contribution is -2.35. The molecular formula is C19H26N4O2. The van der Waals surface area contributed by atoms with E-state index in [1.165, 1.54) is 12.8 Å². The number of nitrogens with one attached hydrogen (secondary N) is 1. The third-order valence-electron chi connectivity index (χ3n) is 4.88. The van der Waals surface area contributed by atoms with Crippen molar-refractivity contribution < 1.29 is 4.79 Å². The molecule has 1 fully saturated rings. The molecule has 0 radical (unpaired) electrons. The number of anilines is 1. The molecule has 134 valence electrons. The summed E-state index contributed by atoms with van der Waals surface area (Å²) in [5.41, 5.74) is 1.70. The number of carbonyl (C=O) groups excluding carboxylic acids is 1. The molecule has 1 aliphatic heterocycles. The monoisotopic (exact) mass is 342 g/mol. The Morgan fingerprint density at radius 1 is 1.08 bits per heavy atom. The molecule has 0 bridgehead atoms. The molecule has 1 saturated heterocycles. The van der Waals surface area contributed by atoms with Gasteiger partial charge in [0.1, 0.15) is 5.69 Å². The van der Waals surface area contributed by atoms with Crippen LogP contribution in [-0.2, 0) is 11.8 Å². The number of amides is 1. The lowest BCUT2D eigenvalue weighted by molar-refractivity contribution is -0.117. The molecule has 2 aromatic rings. The molecule has 0 unspecified atom stereocenters. The second kappa shape index (κ2) is 7.70. The lowest BCUT2D eigenvalue weighted by Gasteiger charge is -2.18. The zero-order valence-electron chi connectivity index (χ0n) is 15.0. The number of rotatable bonds is 4. The van der Waals surface area contributed by atoms with E-state index in [4.69, 9.17) is 0 Å². The fourth-order valence-electron chi connectivity index (χ4n) is 3.39. The Labute approximate surface area is 148 Å². The zero-order valence-corrected chi connectivity index (χ0v) is 15.0. The van der Waals surface area contributed by atoms with E-state index in [1.54, 1.807) is 9.36 Å². The molecule has 0 spiro atoms. The minimum absolute atomic E-state index is 0.118. The Morgan fingerprint density at radius 3 is 2.36 bits per heavy atom. The third kappa shape index (κ3) is 3.85. The van der Waals surface area contributed by atoms with Gasteiger partial charge in [-0.2, -0.15) is 0 Å². The van der Waals surface area contributed by atoms with Crippen molar-refractivity contribution in [1.82, 2.24) is 14.3 Å². The van der Waals surface area contributed by atoms with Gasteiger partial charge in [-0.3, -0.25) is 19.2 Å². The Balaban J connectivity index is 1.79. The van der Waals surface area contributed by atoms with E-state index in [-0.39, 0.29) is 11.5 Å². The summed E-state index contributed by atoms with van der Waals surface area (Å²) < 4.78 is 3.36. The van der Waals surface area contributed by atoms with Crippen LogP contribution in [-0.4, -0.2) is 39.8 Å². The Kier molecular flexibility index (Phi) is 5.38. The van der Waals surface area contributed by atoms with E-state index < -0.39 is 0 Å². The maximum absolute atomic E-state index is 12.8. The Morgan fingerprint density at radius 2 is 1.72 bits per heavy atom. The number of para-hydroxylation sites is 1. The molecule has 6 heteroatoms. The number of hydrogen-bond acceptors (Lipinski definition) is 3. The molecule has 25 heavy (non-hydrogen) atoms. The highest BCUT2D eigenvalue weighted by molar-refractivity contribution is 5.92. The summed E-state index contributed by atoms with van der Waals surface area (Å²) in [5.74, 6) is -0.118. The first kappa shape index (κ1) is 17.5. The van der Waals surface area contributed by atoms with Gasteiger partial charge in [-0.25, -0.2) is 4.68 Å². The van der Waals surface area contributed by atoms with Gasteiger partial charge in [-0.1, -0.05) is 31.0 Å². The molecule has 1 amide bonds. The molecule has 1 N–H and O–H groups in total. The average Bonchev–Trinajstić information content (AvgIpc) is 2.81. The fraction of sp³-hybridized carbons (Fsp3) is 0.474. The van der Waals surface area contributed by atoms with Gasteiger partial charge in [0.2, 0.25) is 5.91 Å². The van der Waals surface area contributed by atoms with Crippen molar-refractivity contribution >= 4 is 11.6 Å². The van der Waals surface area contributed by atoms with E-state index in [0.29, 0.717) is 12.2 Å². The van der Waals surface area contributed by atoms with Crippen molar-refractivity contribution in [3.8, 4) is 5.69 Å². The topological polar surface area (TPSA) is 59.3 Å². The lowest BCUT2D eigenvalue weighted by atomic mass is 10.2. The molecule has 0 saturated carbocycles. The molecule has 3 rings (SSSR count).